The van der Waals surface area contributed by atoms with Gasteiger partial charge in [-0.3, -0.25) is 4.79 Å². The summed E-state index contributed by atoms with van der Waals surface area (Å²) in [5.74, 6) is -0.626. The molecule has 1 saturated heterocycles. The molecule has 0 amide bonds. The fourth-order valence-electron chi connectivity index (χ4n) is 2.83. The number of carbonyl (C=O) groups is 1. The van der Waals surface area contributed by atoms with Gasteiger partial charge in [0.25, 0.3) is 0 Å². The molecule has 0 saturated carbocycles. The first-order valence-electron chi connectivity index (χ1n) is 8.60. The highest BCUT2D eigenvalue weighted by atomic mass is 16.7. The van der Waals surface area contributed by atoms with E-state index in [0.29, 0.717) is 0 Å². The van der Waals surface area contributed by atoms with E-state index >= 15 is 0 Å². The van der Waals surface area contributed by atoms with Crippen LogP contribution in [0, 0.1) is 5.92 Å². The standard InChI is InChI=1S/C18H26O9/c1-8(2)4-10(20)14-11(21)5-9(25-3)6-12(14)26-18-17(24)16(23)15(22)13(7-19)27-18/h5-6,8,13,15-19,21-24H,4,7H2,1-3H3/t13-,15-,16+,17-,18-/m1/s1. The number of Topliss-reactive ketones (excluding diaryl/α,β-unsaturated/α-hetero) is 1. The number of ether oxygens (including phenoxy) is 3. The molecule has 9 nitrogen and oxygen atoms in total. The monoisotopic (exact) mass is 386 g/mol. The molecular formula is C18H26O9. The van der Waals surface area contributed by atoms with Gasteiger partial charge in [0.1, 0.15) is 47.2 Å². The molecule has 1 fully saturated rings. The van der Waals surface area contributed by atoms with Gasteiger partial charge in [-0.2, -0.15) is 0 Å². The third-order valence-electron chi connectivity index (χ3n) is 4.25. The van der Waals surface area contributed by atoms with Crippen molar-refractivity contribution >= 4 is 5.78 Å². The third kappa shape index (κ3) is 4.69. The lowest BCUT2D eigenvalue weighted by molar-refractivity contribution is -0.277. The van der Waals surface area contributed by atoms with Crippen LogP contribution in [-0.4, -0.2) is 75.7 Å². The number of phenols is 1. The first kappa shape index (κ1) is 21.4. The van der Waals surface area contributed by atoms with Crippen LogP contribution in [0.1, 0.15) is 30.6 Å². The highest BCUT2D eigenvalue weighted by Crippen LogP contribution is 2.36. The Hall–Kier alpha value is -1.91. The summed E-state index contributed by atoms with van der Waals surface area (Å²) in [5, 5.41) is 49.4. The topological polar surface area (TPSA) is 146 Å². The molecular weight excluding hydrogens is 360 g/mol. The maximum Gasteiger partial charge on any atom is 0.229 e. The predicted octanol–water partition coefficient (Wildman–Crippen LogP) is -0.192. The minimum atomic E-state index is -1.65. The molecule has 9 heteroatoms. The quantitative estimate of drug-likeness (QED) is 0.402. The Morgan fingerprint density at radius 2 is 1.85 bits per heavy atom. The Balaban J connectivity index is 2.38. The van der Waals surface area contributed by atoms with Crippen LogP contribution in [-0.2, 0) is 4.74 Å². The molecule has 0 spiro atoms. The van der Waals surface area contributed by atoms with E-state index < -0.39 is 37.3 Å². The van der Waals surface area contributed by atoms with Crippen molar-refractivity contribution in [2.45, 2.75) is 51.0 Å². The predicted molar refractivity (Wildman–Crippen MR) is 92.8 cm³/mol. The molecule has 0 bridgehead atoms. The lowest BCUT2D eigenvalue weighted by atomic mass is 9.98. The van der Waals surface area contributed by atoms with Crippen LogP contribution in [0.2, 0.25) is 0 Å². The number of carbonyl (C=O) groups excluding carboxylic acids is 1. The van der Waals surface area contributed by atoms with E-state index in [1.807, 2.05) is 13.8 Å². The van der Waals surface area contributed by atoms with Crippen LogP contribution in [0.4, 0.5) is 0 Å². The van der Waals surface area contributed by atoms with Crippen LogP contribution in [0.15, 0.2) is 12.1 Å². The minimum absolute atomic E-state index is 0.0270. The van der Waals surface area contributed by atoms with Crippen molar-refractivity contribution < 1.29 is 44.5 Å². The van der Waals surface area contributed by atoms with Gasteiger partial charge in [-0.1, -0.05) is 13.8 Å². The zero-order chi connectivity index (χ0) is 20.3. The van der Waals surface area contributed by atoms with Crippen molar-refractivity contribution in [3.05, 3.63) is 17.7 Å². The third-order valence-corrected chi connectivity index (χ3v) is 4.25. The van der Waals surface area contributed by atoms with Crippen LogP contribution in [0.25, 0.3) is 0 Å². The van der Waals surface area contributed by atoms with Gasteiger partial charge in [0.05, 0.1) is 13.7 Å². The lowest BCUT2D eigenvalue weighted by Crippen LogP contribution is -2.60. The van der Waals surface area contributed by atoms with Crippen LogP contribution >= 0.6 is 0 Å². The SMILES string of the molecule is COc1cc(O)c(C(=O)CC(C)C)c(O[C@@H]2O[C@H](CO)[C@@H](O)[C@H](O)[C@H]2O)c1. The number of aliphatic hydroxyl groups excluding tert-OH is 4. The first-order valence-corrected chi connectivity index (χ1v) is 8.60. The van der Waals surface area contributed by atoms with Gasteiger partial charge in [0, 0.05) is 18.6 Å². The summed E-state index contributed by atoms with van der Waals surface area (Å²) < 4.78 is 15.9. The number of hydrogen-bond donors (Lipinski definition) is 5. The van der Waals surface area contributed by atoms with E-state index in [0.717, 1.165) is 0 Å². The number of benzene rings is 1. The maximum atomic E-state index is 12.5. The molecule has 0 aliphatic carbocycles. The fraction of sp³-hybridized carbons (Fsp3) is 0.611. The lowest BCUT2D eigenvalue weighted by Gasteiger charge is -2.39. The first-order chi connectivity index (χ1) is 12.7. The number of aromatic hydroxyl groups is 1. The van der Waals surface area contributed by atoms with E-state index in [1.54, 1.807) is 0 Å². The van der Waals surface area contributed by atoms with Gasteiger partial charge >= 0.3 is 0 Å². The average molecular weight is 386 g/mol. The van der Waals surface area contributed by atoms with E-state index in [4.69, 9.17) is 14.2 Å². The molecule has 1 aromatic rings. The van der Waals surface area contributed by atoms with Gasteiger partial charge in [0.15, 0.2) is 5.78 Å². The van der Waals surface area contributed by atoms with E-state index in [9.17, 15) is 30.3 Å². The molecule has 5 N–H and O–H groups in total. The van der Waals surface area contributed by atoms with Crippen molar-refractivity contribution in [3.8, 4) is 17.2 Å². The molecule has 152 valence electrons. The summed E-state index contributed by atoms with van der Waals surface area (Å²) in [6, 6.07) is 2.60. The van der Waals surface area contributed by atoms with Crippen molar-refractivity contribution in [1.29, 1.82) is 0 Å². The molecule has 2 rings (SSSR count). The average Bonchev–Trinajstić information content (AvgIpc) is 2.60. The second kappa shape index (κ2) is 8.85. The second-order valence-corrected chi connectivity index (χ2v) is 6.86. The number of hydrogen-bond acceptors (Lipinski definition) is 9. The van der Waals surface area contributed by atoms with Gasteiger partial charge < -0.3 is 39.7 Å². The van der Waals surface area contributed by atoms with Crippen molar-refractivity contribution in [3.63, 3.8) is 0 Å². The van der Waals surface area contributed by atoms with Gasteiger partial charge in [-0.15, -0.1) is 0 Å². The fourth-order valence-corrected chi connectivity index (χ4v) is 2.83. The molecule has 1 heterocycles. The van der Waals surface area contributed by atoms with Crippen LogP contribution in [0.5, 0.6) is 17.2 Å². The smallest absolute Gasteiger partial charge is 0.229 e. The Morgan fingerprint density at radius 1 is 1.19 bits per heavy atom. The number of aliphatic hydroxyl groups is 4. The van der Waals surface area contributed by atoms with E-state index in [2.05, 4.69) is 0 Å². The number of phenolic OH excluding ortho intramolecular Hbond substituents is 1. The molecule has 0 radical (unpaired) electrons. The van der Waals surface area contributed by atoms with Crippen LogP contribution in [0.3, 0.4) is 0 Å². The number of ketones is 1. The van der Waals surface area contributed by atoms with Gasteiger partial charge in [0.2, 0.25) is 6.29 Å². The Morgan fingerprint density at radius 3 is 2.41 bits per heavy atom. The molecule has 5 atom stereocenters. The van der Waals surface area contributed by atoms with Gasteiger partial charge in [-0.05, 0) is 5.92 Å². The summed E-state index contributed by atoms with van der Waals surface area (Å²) in [6.07, 6.45) is -7.32. The molecule has 0 unspecified atom stereocenters. The highest BCUT2D eigenvalue weighted by Gasteiger charge is 2.45. The minimum Gasteiger partial charge on any atom is -0.507 e. The largest absolute Gasteiger partial charge is 0.507 e. The zero-order valence-corrected chi connectivity index (χ0v) is 15.4. The summed E-state index contributed by atoms with van der Waals surface area (Å²) in [5.41, 5.74) is -0.110. The molecule has 27 heavy (non-hydrogen) atoms. The summed E-state index contributed by atoms with van der Waals surface area (Å²) in [7, 11) is 1.36. The summed E-state index contributed by atoms with van der Waals surface area (Å²) in [4.78, 5) is 12.5. The zero-order valence-electron chi connectivity index (χ0n) is 15.4. The normalized spacial score (nSPS) is 28.2. The molecule has 1 aliphatic rings. The number of rotatable bonds is 7. The Bertz CT molecular complexity index is 658. The highest BCUT2D eigenvalue weighted by molar-refractivity contribution is 6.01. The Kier molecular flexibility index (Phi) is 7.01. The van der Waals surface area contributed by atoms with Crippen LogP contribution < -0.4 is 9.47 Å². The summed E-state index contributed by atoms with van der Waals surface area (Å²) >= 11 is 0. The second-order valence-electron chi connectivity index (χ2n) is 6.86. The maximum absolute atomic E-state index is 12.5. The van der Waals surface area contributed by atoms with E-state index in [1.165, 1.54) is 19.2 Å². The van der Waals surface area contributed by atoms with E-state index in [-0.39, 0.29) is 40.9 Å². The molecule has 1 aromatic carbocycles. The number of methoxy groups -OCH3 is 1. The van der Waals surface area contributed by atoms with Crippen molar-refractivity contribution in [1.82, 2.24) is 0 Å². The summed E-state index contributed by atoms with van der Waals surface area (Å²) in [6.45, 7) is 3.07. The molecule has 1 aliphatic heterocycles. The Labute approximate surface area is 156 Å². The van der Waals surface area contributed by atoms with Crippen molar-refractivity contribution in [2.24, 2.45) is 5.92 Å². The van der Waals surface area contributed by atoms with Crippen molar-refractivity contribution in [2.75, 3.05) is 13.7 Å². The van der Waals surface area contributed by atoms with Gasteiger partial charge in [-0.25, -0.2) is 0 Å². The molecule has 0 aromatic heterocycles.